The molecule has 2 fully saturated rings. The minimum atomic E-state index is 0.191. The summed E-state index contributed by atoms with van der Waals surface area (Å²) in [7, 11) is 0. The molecule has 0 saturated carbocycles. The second kappa shape index (κ2) is 9.19. The van der Waals surface area contributed by atoms with Crippen LogP contribution in [0.4, 0.5) is 0 Å². The first-order chi connectivity index (χ1) is 11.8. The number of amides is 1. The van der Waals surface area contributed by atoms with Gasteiger partial charge in [0.1, 0.15) is 0 Å². The lowest BCUT2D eigenvalue weighted by atomic mass is 9.95. The highest BCUT2D eigenvalue weighted by Gasteiger charge is 2.25. The van der Waals surface area contributed by atoms with Gasteiger partial charge in [0.15, 0.2) is 0 Å². The van der Waals surface area contributed by atoms with Gasteiger partial charge in [0.25, 0.3) is 0 Å². The summed E-state index contributed by atoms with van der Waals surface area (Å²) in [5.41, 5.74) is 1.42. The fraction of sp³-hybridized carbons (Fsp3) is 0.650. The molecule has 2 aliphatic heterocycles. The molecule has 1 aromatic carbocycles. The van der Waals surface area contributed by atoms with Crippen molar-refractivity contribution in [1.82, 2.24) is 10.2 Å². The van der Waals surface area contributed by atoms with Gasteiger partial charge in [0, 0.05) is 19.1 Å². The molecule has 4 heteroatoms. The molecule has 2 aliphatic rings. The maximum Gasteiger partial charge on any atom is 0.223 e. The molecule has 1 N–H and O–H groups in total. The first-order valence-electron chi connectivity index (χ1n) is 9.47. The van der Waals surface area contributed by atoms with E-state index in [1.165, 1.54) is 12.0 Å². The van der Waals surface area contributed by atoms with E-state index in [9.17, 15) is 4.79 Å². The molecule has 132 valence electrons. The number of carbonyl (C=O) groups is 1. The van der Waals surface area contributed by atoms with E-state index in [-0.39, 0.29) is 17.9 Å². The number of hydrogen-bond donors (Lipinski definition) is 1. The molecule has 3 rings (SSSR count). The van der Waals surface area contributed by atoms with Crippen LogP contribution in [0.3, 0.4) is 0 Å². The van der Waals surface area contributed by atoms with Crippen LogP contribution in [0.25, 0.3) is 0 Å². The van der Waals surface area contributed by atoms with E-state index in [0.29, 0.717) is 6.54 Å². The van der Waals surface area contributed by atoms with Gasteiger partial charge in [-0.1, -0.05) is 30.3 Å². The normalized spacial score (nSPS) is 22.6. The molecular formula is C20H30N2O2. The zero-order valence-corrected chi connectivity index (χ0v) is 14.6. The van der Waals surface area contributed by atoms with Crippen molar-refractivity contribution in [2.24, 2.45) is 5.92 Å². The summed E-state index contributed by atoms with van der Waals surface area (Å²) in [6, 6.07) is 10.7. The number of nitrogens with zero attached hydrogens (tertiary/aromatic N) is 1. The summed E-state index contributed by atoms with van der Waals surface area (Å²) < 4.78 is 5.57. The lowest BCUT2D eigenvalue weighted by molar-refractivity contribution is -0.126. The quantitative estimate of drug-likeness (QED) is 0.836. The number of benzene rings is 1. The molecule has 24 heavy (non-hydrogen) atoms. The Labute approximate surface area is 145 Å². The molecule has 0 bridgehead atoms. The van der Waals surface area contributed by atoms with Crippen molar-refractivity contribution >= 4 is 5.91 Å². The lowest BCUT2D eigenvalue weighted by Gasteiger charge is -2.31. The predicted octanol–water partition coefficient (Wildman–Crippen LogP) is 2.63. The zero-order valence-electron chi connectivity index (χ0n) is 14.6. The van der Waals surface area contributed by atoms with Crippen LogP contribution in [0.15, 0.2) is 30.3 Å². The Bertz CT molecular complexity index is 492. The minimum Gasteiger partial charge on any atom is -0.376 e. The number of nitrogens with one attached hydrogen (secondary N) is 1. The van der Waals surface area contributed by atoms with Gasteiger partial charge < -0.3 is 15.0 Å². The van der Waals surface area contributed by atoms with Gasteiger partial charge in [-0.15, -0.1) is 0 Å². The Hall–Kier alpha value is -1.39. The lowest BCUT2D eigenvalue weighted by Crippen LogP contribution is -2.42. The average molecular weight is 330 g/mol. The van der Waals surface area contributed by atoms with Crippen LogP contribution in [0.2, 0.25) is 0 Å². The molecular weight excluding hydrogens is 300 g/mol. The van der Waals surface area contributed by atoms with Gasteiger partial charge in [-0.05, 0) is 63.7 Å². The number of carbonyl (C=O) groups excluding carboxylic acids is 1. The Morgan fingerprint density at radius 2 is 1.96 bits per heavy atom. The van der Waals surface area contributed by atoms with E-state index in [2.05, 4.69) is 40.5 Å². The van der Waals surface area contributed by atoms with E-state index < -0.39 is 0 Å². The summed E-state index contributed by atoms with van der Waals surface area (Å²) in [5.74, 6) is 0.422. The molecule has 0 aromatic heterocycles. The molecule has 1 aromatic rings. The summed E-state index contributed by atoms with van der Waals surface area (Å²) in [5, 5.41) is 3.09. The second-order valence-corrected chi connectivity index (χ2v) is 7.09. The van der Waals surface area contributed by atoms with Gasteiger partial charge in [-0.3, -0.25) is 4.79 Å². The van der Waals surface area contributed by atoms with E-state index in [0.717, 1.165) is 58.3 Å². The highest BCUT2D eigenvalue weighted by Crippen LogP contribution is 2.18. The SMILES string of the molecule is O=C(NC[C@@H]1CCCO1)C1CCN(CCCc2ccccc2)CC1. The third-order valence-corrected chi connectivity index (χ3v) is 5.27. The Morgan fingerprint density at radius 3 is 2.67 bits per heavy atom. The molecule has 4 nitrogen and oxygen atoms in total. The molecule has 0 radical (unpaired) electrons. The van der Waals surface area contributed by atoms with Gasteiger partial charge in [0.05, 0.1) is 6.10 Å². The van der Waals surface area contributed by atoms with Gasteiger partial charge >= 0.3 is 0 Å². The van der Waals surface area contributed by atoms with E-state index in [4.69, 9.17) is 4.74 Å². The Balaban J connectivity index is 1.29. The molecule has 2 heterocycles. The molecule has 2 saturated heterocycles. The monoisotopic (exact) mass is 330 g/mol. The summed E-state index contributed by atoms with van der Waals surface area (Å²) >= 11 is 0. The van der Waals surface area contributed by atoms with Crippen molar-refractivity contribution in [3.63, 3.8) is 0 Å². The van der Waals surface area contributed by atoms with Crippen LogP contribution < -0.4 is 5.32 Å². The fourth-order valence-electron chi connectivity index (χ4n) is 3.73. The van der Waals surface area contributed by atoms with Crippen LogP contribution in [-0.4, -0.2) is 49.7 Å². The second-order valence-electron chi connectivity index (χ2n) is 7.09. The number of hydrogen-bond acceptors (Lipinski definition) is 3. The molecule has 1 atom stereocenters. The number of aryl methyl sites for hydroxylation is 1. The first-order valence-corrected chi connectivity index (χ1v) is 9.47. The van der Waals surface area contributed by atoms with Crippen molar-refractivity contribution in [2.45, 2.75) is 44.6 Å². The average Bonchev–Trinajstić information content (AvgIpc) is 3.15. The van der Waals surface area contributed by atoms with Crippen LogP contribution >= 0.6 is 0 Å². The highest BCUT2D eigenvalue weighted by molar-refractivity contribution is 5.78. The largest absolute Gasteiger partial charge is 0.376 e. The predicted molar refractivity (Wildman–Crippen MR) is 95.9 cm³/mol. The maximum atomic E-state index is 12.3. The van der Waals surface area contributed by atoms with E-state index >= 15 is 0 Å². The minimum absolute atomic E-state index is 0.191. The summed E-state index contributed by atoms with van der Waals surface area (Å²) in [6.07, 6.45) is 6.77. The third-order valence-electron chi connectivity index (χ3n) is 5.27. The summed E-state index contributed by atoms with van der Waals surface area (Å²) in [4.78, 5) is 14.8. The zero-order chi connectivity index (χ0) is 16.6. The van der Waals surface area contributed by atoms with Gasteiger partial charge in [-0.25, -0.2) is 0 Å². The Kier molecular flexibility index (Phi) is 6.67. The van der Waals surface area contributed by atoms with Crippen LogP contribution in [0.5, 0.6) is 0 Å². The van der Waals surface area contributed by atoms with Crippen molar-refractivity contribution in [2.75, 3.05) is 32.8 Å². The van der Waals surface area contributed by atoms with Crippen LogP contribution in [0, 0.1) is 5.92 Å². The smallest absolute Gasteiger partial charge is 0.223 e. The van der Waals surface area contributed by atoms with Crippen molar-refractivity contribution < 1.29 is 9.53 Å². The van der Waals surface area contributed by atoms with E-state index in [1.54, 1.807) is 0 Å². The Morgan fingerprint density at radius 1 is 1.17 bits per heavy atom. The molecule has 0 aliphatic carbocycles. The standard InChI is InChI=1S/C20H30N2O2/c23-20(21-16-19-9-5-15-24-19)18-10-13-22(14-11-18)12-4-8-17-6-2-1-3-7-17/h1-3,6-7,18-19H,4-5,8-16H2,(H,21,23)/t19-/m0/s1. The van der Waals surface area contributed by atoms with Crippen molar-refractivity contribution in [1.29, 1.82) is 0 Å². The number of piperidine rings is 1. The van der Waals surface area contributed by atoms with Gasteiger partial charge in [-0.2, -0.15) is 0 Å². The molecule has 1 amide bonds. The van der Waals surface area contributed by atoms with Crippen LogP contribution in [-0.2, 0) is 16.0 Å². The molecule has 0 unspecified atom stereocenters. The fourth-order valence-corrected chi connectivity index (χ4v) is 3.73. The van der Waals surface area contributed by atoms with Crippen molar-refractivity contribution in [3.05, 3.63) is 35.9 Å². The maximum absolute atomic E-state index is 12.3. The van der Waals surface area contributed by atoms with Crippen molar-refractivity contribution in [3.8, 4) is 0 Å². The number of ether oxygens (including phenoxy) is 1. The molecule has 0 spiro atoms. The summed E-state index contributed by atoms with van der Waals surface area (Å²) in [6.45, 7) is 4.77. The number of likely N-dealkylation sites (tertiary alicyclic amines) is 1. The number of rotatable bonds is 7. The highest BCUT2D eigenvalue weighted by atomic mass is 16.5. The topological polar surface area (TPSA) is 41.6 Å². The first kappa shape index (κ1) is 17.4. The van der Waals surface area contributed by atoms with Gasteiger partial charge in [0.2, 0.25) is 5.91 Å². The van der Waals surface area contributed by atoms with E-state index in [1.807, 2.05) is 0 Å². The third kappa shape index (κ3) is 5.32. The van der Waals surface area contributed by atoms with Crippen LogP contribution in [0.1, 0.15) is 37.7 Å².